The zero-order valence-corrected chi connectivity index (χ0v) is 10.8. The van der Waals surface area contributed by atoms with Gasteiger partial charge in [-0.15, -0.1) is 0 Å². The highest BCUT2D eigenvalue weighted by Crippen LogP contribution is 2.41. The van der Waals surface area contributed by atoms with Crippen LogP contribution >= 0.6 is 0 Å². The second-order valence-corrected chi connectivity index (χ2v) is 5.56. The smallest absolute Gasteiger partial charge is 0.148 e. The average molecular weight is 234 g/mol. The van der Waals surface area contributed by atoms with Crippen LogP contribution in [-0.4, -0.2) is 22.9 Å². The van der Waals surface area contributed by atoms with Gasteiger partial charge in [0.25, 0.3) is 0 Å². The van der Waals surface area contributed by atoms with Crippen LogP contribution in [0.4, 0.5) is 11.5 Å². The van der Waals surface area contributed by atoms with E-state index in [1.807, 2.05) is 11.7 Å². The fourth-order valence-corrected chi connectivity index (χ4v) is 3.30. The molecule has 1 aliphatic heterocycles. The highest BCUT2D eigenvalue weighted by molar-refractivity contribution is 5.69. The summed E-state index contributed by atoms with van der Waals surface area (Å²) in [5.74, 6) is 1.17. The van der Waals surface area contributed by atoms with Crippen molar-refractivity contribution in [3.8, 4) is 0 Å². The topological polar surface area (TPSA) is 41.9 Å². The van der Waals surface area contributed by atoms with Crippen molar-refractivity contribution in [1.29, 1.82) is 0 Å². The SMILES string of the molecule is CCc1nn(C)c2c1NCC1(CCCC1)CN2. The van der Waals surface area contributed by atoms with Gasteiger partial charge in [0.15, 0.2) is 0 Å². The van der Waals surface area contributed by atoms with Crippen LogP contribution in [0.1, 0.15) is 38.3 Å². The summed E-state index contributed by atoms with van der Waals surface area (Å²) < 4.78 is 1.98. The molecule has 2 heterocycles. The normalized spacial score (nSPS) is 21.8. The van der Waals surface area contributed by atoms with Crippen molar-refractivity contribution in [3.63, 3.8) is 0 Å². The molecule has 1 spiro atoms. The number of rotatable bonds is 1. The first-order chi connectivity index (χ1) is 8.24. The second kappa shape index (κ2) is 3.93. The molecular weight excluding hydrogens is 212 g/mol. The van der Waals surface area contributed by atoms with Gasteiger partial charge in [-0.05, 0) is 19.3 Å². The molecule has 2 N–H and O–H groups in total. The van der Waals surface area contributed by atoms with E-state index in [-0.39, 0.29) is 0 Å². The lowest BCUT2D eigenvalue weighted by atomic mass is 9.86. The van der Waals surface area contributed by atoms with Crippen molar-refractivity contribution < 1.29 is 0 Å². The van der Waals surface area contributed by atoms with Crippen LogP contribution in [-0.2, 0) is 13.5 Å². The molecule has 0 atom stereocenters. The summed E-state index contributed by atoms with van der Waals surface area (Å²) in [5, 5.41) is 11.8. The number of nitrogens with zero attached hydrogens (tertiary/aromatic N) is 2. The molecule has 3 rings (SSSR count). The third kappa shape index (κ3) is 1.70. The number of hydrogen-bond acceptors (Lipinski definition) is 3. The van der Waals surface area contributed by atoms with Gasteiger partial charge in [-0.25, -0.2) is 0 Å². The highest BCUT2D eigenvalue weighted by Gasteiger charge is 2.36. The van der Waals surface area contributed by atoms with Crippen LogP contribution in [0.15, 0.2) is 0 Å². The Hall–Kier alpha value is -1.19. The molecule has 4 nitrogen and oxygen atoms in total. The van der Waals surface area contributed by atoms with Crippen LogP contribution in [0.5, 0.6) is 0 Å². The van der Waals surface area contributed by atoms with Crippen molar-refractivity contribution in [2.24, 2.45) is 12.5 Å². The maximum Gasteiger partial charge on any atom is 0.148 e. The Labute approximate surface area is 103 Å². The lowest BCUT2D eigenvalue weighted by Gasteiger charge is -2.27. The summed E-state index contributed by atoms with van der Waals surface area (Å²) in [6.45, 7) is 4.36. The predicted octanol–water partition coefficient (Wildman–Crippen LogP) is 2.38. The van der Waals surface area contributed by atoms with E-state index in [4.69, 9.17) is 0 Å². The minimum atomic E-state index is 0.476. The van der Waals surface area contributed by atoms with E-state index in [2.05, 4.69) is 22.7 Å². The fraction of sp³-hybridized carbons (Fsp3) is 0.769. The van der Waals surface area contributed by atoms with Crippen molar-refractivity contribution in [2.45, 2.75) is 39.0 Å². The summed E-state index contributed by atoms with van der Waals surface area (Å²) in [6.07, 6.45) is 6.48. The van der Waals surface area contributed by atoms with Gasteiger partial charge >= 0.3 is 0 Å². The van der Waals surface area contributed by atoms with Gasteiger partial charge in [-0.3, -0.25) is 4.68 Å². The Morgan fingerprint density at radius 1 is 1.24 bits per heavy atom. The molecule has 0 saturated heterocycles. The molecule has 1 fully saturated rings. The molecule has 94 valence electrons. The number of aryl methyl sites for hydroxylation is 2. The molecule has 1 aliphatic carbocycles. The number of fused-ring (bicyclic) bond motifs is 1. The van der Waals surface area contributed by atoms with Crippen LogP contribution in [0, 0.1) is 5.41 Å². The minimum Gasteiger partial charge on any atom is -0.380 e. The second-order valence-electron chi connectivity index (χ2n) is 5.56. The number of aromatic nitrogens is 2. The predicted molar refractivity (Wildman–Crippen MR) is 70.5 cm³/mol. The van der Waals surface area contributed by atoms with E-state index in [0.29, 0.717) is 5.41 Å². The zero-order valence-electron chi connectivity index (χ0n) is 10.8. The average Bonchev–Trinajstić information content (AvgIpc) is 2.83. The Morgan fingerprint density at radius 3 is 2.65 bits per heavy atom. The Balaban J connectivity index is 1.89. The molecule has 0 amide bonds. The Kier molecular flexibility index (Phi) is 2.53. The first-order valence-corrected chi connectivity index (χ1v) is 6.78. The van der Waals surface area contributed by atoms with Crippen molar-refractivity contribution in [1.82, 2.24) is 9.78 Å². The third-order valence-corrected chi connectivity index (χ3v) is 4.39. The minimum absolute atomic E-state index is 0.476. The number of anilines is 2. The van der Waals surface area contributed by atoms with Gasteiger partial charge < -0.3 is 10.6 Å². The molecule has 4 heteroatoms. The van der Waals surface area contributed by atoms with E-state index >= 15 is 0 Å². The highest BCUT2D eigenvalue weighted by atomic mass is 15.3. The summed E-state index contributed by atoms with van der Waals surface area (Å²) in [4.78, 5) is 0. The summed E-state index contributed by atoms with van der Waals surface area (Å²) in [7, 11) is 2.03. The Morgan fingerprint density at radius 2 is 1.94 bits per heavy atom. The van der Waals surface area contributed by atoms with Gasteiger partial charge in [0.2, 0.25) is 0 Å². The van der Waals surface area contributed by atoms with Crippen LogP contribution in [0.25, 0.3) is 0 Å². The summed E-state index contributed by atoms with van der Waals surface area (Å²) >= 11 is 0. The Bertz CT molecular complexity index is 415. The lowest BCUT2D eigenvalue weighted by molar-refractivity contribution is 0.345. The molecule has 1 aromatic rings. The molecule has 0 aromatic carbocycles. The van der Waals surface area contributed by atoms with E-state index < -0.39 is 0 Å². The quantitative estimate of drug-likeness (QED) is 0.784. The van der Waals surface area contributed by atoms with E-state index in [9.17, 15) is 0 Å². The van der Waals surface area contributed by atoms with Gasteiger partial charge in [-0.1, -0.05) is 19.8 Å². The van der Waals surface area contributed by atoms with Gasteiger partial charge in [0.1, 0.15) is 11.5 Å². The van der Waals surface area contributed by atoms with E-state index in [1.54, 1.807) is 0 Å². The first-order valence-electron chi connectivity index (χ1n) is 6.78. The lowest BCUT2D eigenvalue weighted by Crippen LogP contribution is -2.32. The maximum absolute atomic E-state index is 4.56. The van der Waals surface area contributed by atoms with Crippen LogP contribution < -0.4 is 10.6 Å². The molecule has 0 radical (unpaired) electrons. The largest absolute Gasteiger partial charge is 0.380 e. The fourth-order valence-electron chi connectivity index (χ4n) is 3.30. The summed E-state index contributed by atoms with van der Waals surface area (Å²) in [5.41, 5.74) is 2.90. The van der Waals surface area contributed by atoms with Gasteiger partial charge in [0.05, 0.1) is 5.69 Å². The van der Waals surface area contributed by atoms with Crippen LogP contribution in [0.2, 0.25) is 0 Å². The van der Waals surface area contributed by atoms with Crippen LogP contribution in [0.3, 0.4) is 0 Å². The number of hydrogen-bond donors (Lipinski definition) is 2. The number of nitrogens with one attached hydrogen (secondary N) is 2. The summed E-state index contributed by atoms with van der Waals surface area (Å²) in [6, 6.07) is 0. The first kappa shape index (κ1) is 10.9. The standard InChI is InChI=1S/C13H22N4/c1-3-10-11-12(17(2)16-10)15-9-13(8-14-11)6-4-5-7-13/h14-15H,3-9H2,1-2H3. The van der Waals surface area contributed by atoms with Crippen molar-refractivity contribution >= 4 is 11.5 Å². The molecule has 1 saturated carbocycles. The molecule has 17 heavy (non-hydrogen) atoms. The van der Waals surface area contributed by atoms with Gasteiger partial charge in [-0.2, -0.15) is 5.10 Å². The van der Waals surface area contributed by atoms with Gasteiger partial charge in [0, 0.05) is 25.6 Å². The maximum atomic E-state index is 4.56. The van der Waals surface area contributed by atoms with E-state index in [0.717, 1.165) is 19.5 Å². The molecule has 1 aromatic heterocycles. The molecule has 0 unspecified atom stereocenters. The monoisotopic (exact) mass is 234 g/mol. The zero-order chi connectivity index (χ0) is 11.9. The molecule has 2 aliphatic rings. The van der Waals surface area contributed by atoms with Crippen molar-refractivity contribution in [3.05, 3.63) is 5.69 Å². The molecule has 0 bridgehead atoms. The van der Waals surface area contributed by atoms with E-state index in [1.165, 1.54) is 42.9 Å². The van der Waals surface area contributed by atoms with Crippen molar-refractivity contribution in [2.75, 3.05) is 23.7 Å². The third-order valence-electron chi connectivity index (χ3n) is 4.39. The molecular formula is C13H22N4.